The van der Waals surface area contributed by atoms with Gasteiger partial charge in [0.1, 0.15) is 6.10 Å². The van der Waals surface area contributed by atoms with Crippen LogP contribution in [-0.2, 0) is 15.9 Å². The van der Waals surface area contributed by atoms with Gasteiger partial charge in [0, 0.05) is 13.5 Å². The van der Waals surface area contributed by atoms with Crippen molar-refractivity contribution in [1.82, 2.24) is 5.32 Å². The van der Waals surface area contributed by atoms with Crippen LogP contribution in [0.3, 0.4) is 0 Å². The van der Waals surface area contributed by atoms with E-state index in [1.54, 1.807) is 7.11 Å². The number of hydrogen-bond acceptors (Lipinski definition) is 4. The Balaban J connectivity index is 0.000000172. The second-order valence-corrected chi connectivity index (χ2v) is 5.45. The van der Waals surface area contributed by atoms with Crippen molar-refractivity contribution in [1.29, 1.82) is 5.26 Å². The van der Waals surface area contributed by atoms with Gasteiger partial charge in [0.05, 0.1) is 19.2 Å². The molecule has 1 heterocycles. The summed E-state index contributed by atoms with van der Waals surface area (Å²) in [7, 11) is 1.58. The number of hydrogen-bond donors (Lipinski definition) is 1. The lowest BCUT2D eigenvalue weighted by Crippen LogP contribution is -2.19. The molecule has 1 amide bonds. The van der Waals surface area contributed by atoms with E-state index in [0.717, 1.165) is 6.42 Å². The Morgan fingerprint density at radius 3 is 2.77 bits per heavy atom. The fraction of sp³-hybridized carbons (Fsp3) is 0.529. The Labute approximate surface area is 130 Å². The summed E-state index contributed by atoms with van der Waals surface area (Å²) in [5.74, 6) is 0. The molecule has 5 heteroatoms. The van der Waals surface area contributed by atoms with Crippen molar-refractivity contribution >= 4 is 6.09 Å². The number of amides is 1. The molecule has 1 unspecified atom stereocenters. The number of nitrogens with zero attached hydrogens (tertiary/aromatic N) is 1. The molecule has 0 aromatic rings. The van der Waals surface area contributed by atoms with E-state index in [1.165, 1.54) is 35.3 Å². The SMILES string of the molecule is COCC1CNC(=O)O1.N#CCCCCCc1cc2ccc1=2. The van der Waals surface area contributed by atoms with Crippen LogP contribution < -0.4 is 5.32 Å². The van der Waals surface area contributed by atoms with E-state index < -0.39 is 0 Å². The maximum absolute atomic E-state index is 10.3. The summed E-state index contributed by atoms with van der Waals surface area (Å²) in [6.45, 7) is 1.03. The Morgan fingerprint density at radius 2 is 2.27 bits per heavy atom. The first-order valence-corrected chi connectivity index (χ1v) is 7.68. The lowest BCUT2D eigenvalue weighted by molar-refractivity contribution is 0.0717. The molecule has 1 saturated heterocycles. The van der Waals surface area contributed by atoms with Gasteiger partial charge in [-0.2, -0.15) is 5.26 Å². The number of carbonyl (C=O) groups excluding carboxylic acids is 1. The summed E-state index contributed by atoms with van der Waals surface area (Å²) in [5.41, 5.74) is 1.52. The van der Waals surface area contributed by atoms with Gasteiger partial charge in [0.25, 0.3) is 0 Å². The number of nitrogens with one attached hydrogen (secondary N) is 1. The van der Waals surface area contributed by atoms with E-state index in [0.29, 0.717) is 19.6 Å². The zero-order chi connectivity index (χ0) is 15.8. The highest BCUT2D eigenvalue weighted by Crippen LogP contribution is 2.18. The van der Waals surface area contributed by atoms with Crippen LogP contribution in [0.1, 0.15) is 31.2 Å². The fourth-order valence-electron chi connectivity index (χ4n) is 2.48. The Bertz CT molecular complexity index is 636. The van der Waals surface area contributed by atoms with Crippen LogP contribution in [0.2, 0.25) is 0 Å². The number of nitriles is 1. The van der Waals surface area contributed by atoms with Crippen molar-refractivity contribution in [2.45, 2.75) is 38.2 Å². The maximum Gasteiger partial charge on any atom is 0.407 e. The molecule has 0 spiro atoms. The second kappa shape index (κ2) is 8.40. The minimum atomic E-state index is -0.350. The minimum absolute atomic E-state index is 0.0949. The normalized spacial score (nSPS) is 16.9. The van der Waals surface area contributed by atoms with Crippen molar-refractivity contribution in [2.75, 3.05) is 20.3 Å². The smallest absolute Gasteiger partial charge is 0.407 e. The van der Waals surface area contributed by atoms with E-state index in [2.05, 4.69) is 29.6 Å². The lowest BCUT2D eigenvalue weighted by Gasteiger charge is -2.10. The summed E-state index contributed by atoms with van der Waals surface area (Å²) >= 11 is 0. The number of benzene rings is 1. The van der Waals surface area contributed by atoms with Gasteiger partial charge in [-0.3, -0.25) is 0 Å². The molecular formula is C17H22N2O3. The van der Waals surface area contributed by atoms with Gasteiger partial charge in [-0.05, 0) is 35.3 Å². The molecule has 1 N–H and O–H groups in total. The highest BCUT2D eigenvalue weighted by Gasteiger charge is 2.21. The molecule has 0 bridgehead atoms. The quantitative estimate of drug-likeness (QED) is 0.798. The van der Waals surface area contributed by atoms with Crippen molar-refractivity contribution in [2.24, 2.45) is 0 Å². The molecule has 3 aliphatic rings. The first kappa shape index (κ1) is 16.3. The summed E-state index contributed by atoms with van der Waals surface area (Å²) in [6.07, 6.45) is 4.96. The monoisotopic (exact) mass is 302 g/mol. The van der Waals surface area contributed by atoms with Gasteiger partial charge in [-0.15, -0.1) is 0 Å². The second-order valence-electron chi connectivity index (χ2n) is 5.45. The number of methoxy groups -OCH3 is 1. The third-order valence-electron chi connectivity index (χ3n) is 3.75. The summed E-state index contributed by atoms with van der Waals surface area (Å²) in [5, 5.41) is 13.8. The molecule has 1 atom stereocenters. The third kappa shape index (κ3) is 4.47. The highest BCUT2D eigenvalue weighted by molar-refractivity contribution is 5.69. The topological polar surface area (TPSA) is 71.3 Å². The van der Waals surface area contributed by atoms with E-state index in [9.17, 15) is 4.79 Å². The number of carbonyl (C=O) groups is 1. The van der Waals surface area contributed by atoms with E-state index in [-0.39, 0.29) is 12.2 Å². The maximum atomic E-state index is 10.3. The molecule has 22 heavy (non-hydrogen) atoms. The van der Waals surface area contributed by atoms with Gasteiger partial charge in [-0.1, -0.05) is 24.6 Å². The number of cyclic esters (lactones) is 1. The standard InChI is InChI=1S/C12H13N.C5H9NO3/c13-8-4-2-1-3-5-10-9-11-6-7-12(10)11;1-8-3-4-2-6-5(7)9-4/h6-7,9H,1-5H2;4H,2-3H2,1H3,(H,6,7). The van der Waals surface area contributed by atoms with Crippen molar-refractivity contribution < 1.29 is 14.3 Å². The molecule has 5 nitrogen and oxygen atoms in total. The molecule has 0 aromatic heterocycles. The van der Waals surface area contributed by atoms with Crippen LogP contribution in [-0.4, -0.2) is 32.5 Å². The Hall–Kier alpha value is -2.06. The molecule has 1 fully saturated rings. The van der Waals surface area contributed by atoms with Crippen LogP contribution >= 0.6 is 0 Å². The lowest BCUT2D eigenvalue weighted by atomic mass is 9.95. The van der Waals surface area contributed by atoms with E-state index >= 15 is 0 Å². The zero-order valence-electron chi connectivity index (χ0n) is 12.9. The van der Waals surface area contributed by atoms with Gasteiger partial charge in [0.2, 0.25) is 0 Å². The van der Waals surface area contributed by atoms with Crippen molar-refractivity contribution in [3.05, 3.63) is 34.2 Å². The number of ether oxygens (including phenoxy) is 2. The number of alkyl carbamates (subject to hydrolysis) is 1. The minimum Gasteiger partial charge on any atom is -0.442 e. The van der Waals surface area contributed by atoms with Gasteiger partial charge in [0.15, 0.2) is 0 Å². The Kier molecular flexibility index (Phi) is 6.23. The molecular weight excluding hydrogens is 280 g/mol. The van der Waals surface area contributed by atoms with Crippen LogP contribution in [0.15, 0.2) is 18.2 Å². The highest BCUT2D eigenvalue weighted by atomic mass is 16.6. The first-order valence-electron chi connectivity index (χ1n) is 7.68. The fourth-order valence-corrected chi connectivity index (χ4v) is 2.48. The molecule has 0 radical (unpaired) electrons. The number of aryl methyl sites for hydroxylation is 1. The molecule has 2 aliphatic carbocycles. The van der Waals surface area contributed by atoms with Gasteiger partial charge >= 0.3 is 6.09 Å². The molecule has 118 valence electrons. The summed E-state index contributed by atoms with van der Waals surface area (Å²) in [6, 6.07) is 8.81. The average Bonchev–Trinajstić information content (AvgIpc) is 2.89. The average molecular weight is 302 g/mol. The number of unbranched alkanes of at least 4 members (excludes halogenated alkanes) is 3. The molecule has 0 aromatic carbocycles. The largest absolute Gasteiger partial charge is 0.442 e. The van der Waals surface area contributed by atoms with Gasteiger partial charge in [-0.25, -0.2) is 4.79 Å². The zero-order valence-corrected chi connectivity index (χ0v) is 12.9. The predicted molar refractivity (Wildman–Crippen MR) is 82.0 cm³/mol. The number of rotatable bonds is 7. The van der Waals surface area contributed by atoms with Crippen LogP contribution in [0.4, 0.5) is 4.79 Å². The Morgan fingerprint density at radius 1 is 1.41 bits per heavy atom. The molecule has 3 rings (SSSR count). The van der Waals surface area contributed by atoms with Crippen molar-refractivity contribution in [3.63, 3.8) is 0 Å². The summed E-state index contributed by atoms with van der Waals surface area (Å²) < 4.78 is 9.48. The third-order valence-corrected chi connectivity index (χ3v) is 3.75. The molecule has 0 saturated carbocycles. The van der Waals surface area contributed by atoms with E-state index in [1.807, 2.05) is 0 Å². The van der Waals surface area contributed by atoms with Gasteiger partial charge < -0.3 is 14.8 Å². The van der Waals surface area contributed by atoms with Crippen LogP contribution in [0, 0.1) is 21.8 Å². The summed E-state index contributed by atoms with van der Waals surface area (Å²) in [4.78, 5) is 10.3. The van der Waals surface area contributed by atoms with Crippen molar-refractivity contribution in [3.8, 4) is 6.07 Å². The first-order chi connectivity index (χ1) is 10.7. The van der Waals surface area contributed by atoms with E-state index in [4.69, 9.17) is 14.7 Å². The van der Waals surface area contributed by atoms with Crippen LogP contribution in [0.5, 0.6) is 0 Å². The predicted octanol–water partition coefficient (Wildman–Crippen LogP) is 2.65. The van der Waals surface area contributed by atoms with Crippen LogP contribution in [0.25, 0.3) is 0 Å². The molecule has 1 aliphatic heterocycles.